The molecule has 2 aromatic rings. The van der Waals surface area contributed by atoms with Crippen LogP contribution in [0.4, 0.5) is 0 Å². The van der Waals surface area contributed by atoms with Crippen LogP contribution in [0.3, 0.4) is 0 Å². The summed E-state index contributed by atoms with van der Waals surface area (Å²) in [5.41, 5.74) is 3.11. The third-order valence-electron chi connectivity index (χ3n) is 3.13. The van der Waals surface area contributed by atoms with Gasteiger partial charge in [0, 0.05) is 25.6 Å². The Morgan fingerprint density at radius 2 is 2.11 bits per heavy atom. The van der Waals surface area contributed by atoms with Crippen molar-refractivity contribution < 1.29 is 4.42 Å². The van der Waals surface area contributed by atoms with Gasteiger partial charge in [0.25, 0.3) is 0 Å². The Morgan fingerprint density at radius 1 is 1.33 bits per heavy atom. The predicted octanol–water partition coefficient (Wildman–Crippen LogP) is 2.22. The van der Waals surface area contributed by atoms with Gasteiger partial charge in [-0.05, 0) is 38.6 Å². The van der Waals surface area contributed by atoms with Gasteiger partial charge in [-0.3, -0.25) is 0 Å². The highest BCUT2D eigenvalue weighted by atomic mass is 16.3. The zero-order chi connectivity index (χ0) is 13.2. The van der Waals surface area contributed by atoms with Gasteiger partial charge in [-0.15, -0.1) is 0 Å². The molecule has 0 aliphatic rings. The predicted molar refractivity (Wildman–Crippen MR) is 73.6 cm³/mol. The van der Waals surface area contributed by atoms with Crippen LogP contribution in [0.15, 0.2) is 22.6 Å². The Bertz CT molecular complexity index is 531. The summed E-state index contributed by atoms with van der Waals surface area (Å²) in [5.74, 6) is 0.714. The molecule has 0 spiro atoms. The number of fused-ring (bicyclic) bond motifs is 1. The molecule has 0 saturated heterocycles. The minimum atomic E-state index is 0.106. The molecule has 4 nitrogen and oxygen atoms in total. The molecule has 0 saturated carbocycles. The SMILES string of the molecule is CNC(C)(C)CNCc1ccc2oc(C)nc2c1. The molecule has 4 heteroatoms. The molecular weight excluding hydrogens is 226 g/mol. The molecule has 1 aromatic carbocycles. The number of likely N-dealkylation sites (N-methyl/N-ethyl adjacent to an activating group) is 1. The third-order valence-corrected chi connectivity index (χ3v) is 3.13. The Hall–Kier alpha value is -1.39. The first kappa shape index (κ1) is 13.1. The normalized spacial score (nSPS) is 12.2. The highest BCUT2D eigenvalue weighted by molar-refractivity contribution is 5.73. The maximum Gasteiger partial charge on any atom is 0.192 e. The van der Waals surface area contributed by atoms with Crippen molar-refractivity contribution in [3.05, 3.63) is 29.7 Å². The van der Waals surface area contributed by atoms with Crippen molar-refractivity contribution in [1.82, 2.24) is 15.6 Å². The Labute approximate surface area is 108 Å². The van der Waals surface area contributed by atoms with Crippen LogP contribution in [-0.4, -0.2) is 24.1 Å². The average Bonchev–Trinajstić information content (AvgIpc) is 2.68. The van der Waals surface area contributed by atoms with Gasteiger partial charge >= 0.3 is 0 Å². The first-order valence-corrected chi connectivity index (χ1v) is 6.26. The zero-order valence-electron chi connectivity index (χ0n) is 11.5. The molecule has 0 unspecified atom stereocenters. The molecule has 0 fully saturated rings. The van der Waals surface area contributed by atoms with Gasteiger partial charge in [-0.2, -0.15) is 0 Å². The van der Waals surface area contributed by atoms with Crippen molar-refractivity contribution in [1.29, 1.82) is 0 Å². The molecule has 0 atom stereocenters. The van der Waals surface area contributed by atoms with Crippen molar-refractivity contribution in [3.63, 3.8) is 0 Å². The van der Waals surface area contributed by atoms with Crippen molar-refractivity contribution in [2.24, 2.45) is 0 Å². The molecule has 2 rings (SSSR count). The third kappa shape index (κ3) is 3.09. The molecule has 98 valence electrons. The van der Waals surface area contributed by atoms with E-state index in [1.165, 1.54) is 5.56 Å². The molecule has 0 aliphatic carbocycles. The number of nitrogens with zero attached hydrogens (tertiary/aromatic N) is 1. The summed E-state index contributed by atoms with van der Waals surface area (Å²) in [5, 5.41) is 6.71. The Morgan fingerprint density at radius 3 is 2.83 bits per heavy atom. The second-order valence-corrected chi connectivity index (χ2v) is 5.27. The summed E-state index contributed by atoms with van der Waals surface area (Å²) in [6, 6.07) is 6.13. The van der Waals surface area contributed by atoms with Gasteiger partial charge in [0.1, 0.15) is 5.52 Å². The fourth-order valence-electron chi connectivity index (χ4n) is 1.81. The van der Waals surface area contributed by atoms with Crippen molar-refractivity contribution in [2.75, 3.05) is 13.6 Å². The lowest BCUT2D eigenvalue weighted by Crippen LogP contribution is -2.45. The average molecular weight is 247 g/mol. The second-order valence-electron chi connectivity index (χ2n) is 5.27. The second kappa shape index (κ2) is 5.08. The quantitative estimate of drug-likeness (QED) is 0.850. The molecule has 18 heavy (non-hydrogen) atoms. The molecular formula is C14H21N3O. The standard InChI is InChI=1S/C14H21N3O/c1-10-17-12-7-11(5-6-13(12)18-10)8-16-9-14(2,3)15-4/h5-7,15-16H,8-9H2,1-4H3. The van der Waals surface area contributed by atoms with Crippen molar-refractivity contribution in [2.45, 2.75) is 32.9 Å². The van der Waals surface area contributed by atoms with E-state index in [2.05, 4.69) is 41.6 Å². The van der Waals surface area contributed by atoms with E-state index in [4.69, 9.17) is 4.42 Å². The van der Waals surface area contributed by atoms with Crippen LogP contribution in [0.5, 0.6) is 0 Å². The smallest absolute Gasteiger partial charge is 0.192 e. The molecule has 0 bridgehead atoms. The lowest BCUT2D eigenvalue weighted by atomic mass is 10.1. The van der Waals surface area contributed by atoms with E-state index in [1.54, 1.807) is 0 Å². The molecule has 1 aromatic heterocycles. The van der Waals surface area contributed by atoms with Crippen LogP contribution in [0, 0.1) is 6.92 Å². The van der Waals surface area contributed by atoms with Gasteiger partial charge in [0.15, 0.2) is 11.5 Å². The van der Waals surface area contributed by atoms with E-state index in [0.717, 1.165) is 24.2 Å². The maximum absolute atomic E-state index is 5.46. The number of aryl methyl sites for hydroxylation is 1. The number of oxazole rings is 1. The van der Waals surface area contributed by atoms with Crippen LogP contribution < -0.4 is 10.6 Å². The van der Waals surface area contributed by atoms with Crippen LogP contribution in [0.1, 0.15) is 25.3 Å². The number of nitrogens with one attached hydrogen (secondary N) is 2. The van der Waals surface area contributed by atoms with Crippen LogP contribution in [0.25, 0.3) is 11.1 Å². The Kier molecular flexibility index (Phi) is 3.68. The van der Waals surface area contributed by atoms with E-state index in [9.17, 15) is 0 Å². The number of hydrogen-bond donors (Lipinski definition) is 2. The molecule has 1 heterocycles. The van der Waals surface area contributed by atoms with Crippen LogP contribution in [-0.2, 0) is 6.54 Å². The minimum absolute atomic E-state index is 0.106. The van der Waals surface area contributed by atoms with Gasteiger partial charge in [-0.25, -0.2) is 4.98 Å². The van der Waals surface area contributed by atoms with Crippen LogP contribution in [0.2, 0.25) is 0 Å². The zero-order valence-corrected chi connectivity index (χ0v) is 11.5. The first-order chi connectivity index (χ1) is 8.50. The lowest BCUT2D eigenvalue weighted by Gasteiger charge is -2.24. The molecule has 0 aliphatic heterocycles. The van der Waals surface area contributed by atoms with E-state index < -0.39 is 0 Å². The Balaban J connectivity index is 1.99. The van der Waals surface area contributed by atoms with E-state index in [-0.39, 0.29) is 5.54 Å². The molecule has 2 N–H and O–H groups in total. The van der Waals surface area contributed by atoms with Gasteiger partial charge in [-0.1, -0.05) is 6.07 Å². The van der Waals surface area contributed by atoms with Crippen LogP contribution >= 0.6 is 0 Å². The summed E-state index contributed by atoms with van der Waals surface area (Å²) in [6.07, 6.45) is 0. The summed E-state index contributed by atoms with van der Waals surface area (Å²) in [6.45, 7) is 7.97. The fraction of sp³-hybridized carbons (Fsp3) is 0.500. The number of hydrogen-bond acceptors (Lipinski definition) is 4. The van der Waals surface area contributed by atoms with Gasteiger partial charge in [0.2, 0.25) is 0 Å². The van der Waals surface area contributed by atoms with Gasteiger partial charge in [0.05, 0.1) is 0 Å². The largest absolute Gasteiger partial charge is 0.441 e. The van der Waals surface area contributed by atoms with E-state index in [1.807, 2.05) is 20.0 Å². The summed E-state index contributed by atoms with van der Waals surface area (Å²) < 4.78 is 5.46. The number of benzene rings is 1. The lowest BCUT2D eigenvalue weighted by molar-refractivity contribution is 0.393. The molecule has 0 amide bonds. The molecule has 0 radical (unpaired) electrons. The van der Waals surface area contributed by atoms with E-state index >= 15 is 0 Å². The highest BCUT2D eigenvalue weighted by Gasteiger charge is 2.13. The van der Waals surface area contributed by atoms with Crippen molar-refractivity contribution in [3.8, 4) is 0 Å². The minimum Gasteiger partial charge on any atom is -0.441 e. The summed E-state index contributed by atoms with van der Waals surface area (Å²) >= 11 is 0. The van der Waals surface area contributed by atoms with E-state index in [0.29, 0.717) is 5.89 Å². The highest BCUT2D eigenvalue weighted by Crippen LogP contribution is 2.16. The first-order valence-electron chi connectivity index (χ1n) is 6.26. The maximum atomic E-state index is 5.46. The van der Waals surface area contributed by atoms with Crippen molar-refractivity contribution >= 4 is 11.1 Å². The fourth-order valence-corrected chi connectivity index (χ4v) is 1.81. The number of rotatable bonds is 5. The monoisotopic (exact) mass is 247 g/mol. The summed E-state index contributed by atoms with van der Waals surface area (Å²) in [4.78, 5) is 4.34. The van der Waals surface area contributed by atoms with Gasteiger partial charge < -0.3 is 15.1 Å². The number of aromatic nitrogens is 1. The topological polar surface area (TPSA) is 50.1 Å². The summed E-state index contributed by atoms with van der Waals surface area (Å²) in [7, 11) is 1.98.